The molecule has 0 aromatic rings. The second kappa shape index (κ2) is 6.62. The van der Waals surface area contributed by atoms with Crippen LogP contribution in [0.25, 0.3) is 0 Å². The van der Waals surface area contributed by atoms with E-state index in [9.17, 15) is 14.0 Å². The van der Waals surface area contributed by atoms with Crippen LogP contribution in [-0.4, -0.2) is 47.4 Å². The van der Waals surface area contributed by atoms with Crippen molar-refractivity contribution >= 4 is 12.1 Å². The Bertz CT molecular complexity index is 390. The van der Waals surface area contributed by atoms with Gasteiger partial charge >= 0.3 is 12.1 Å². The minimum absolute atomic E-state index is 0.0583. The highest BCUT2D eigenvalue weighted by molar-refractivity contribution is 5.82. The van der Waals surface area contributed by atoms with Crippen molar-refractivity contribution in [1.82, 2.24) is 4.90 Å². The summed E-state index contributed by atoms with van der Waals surface area (Å²) in [7, 11) is 0. The molecule has 1 heterocycles. The highest BCUT2D eigenvalue weighted by atomic mass is 19.1. The molecule has 0 aliphatic carbocycles. The van der Waals surface area contributed by atoms with Gasteiger partial charge in [0.1, 0.15) is 17.3 Å². The van der Waals surface area contributed by atoms with Gasteiger partial charge in [-0.25, -0.2) is 14.0 Å². The normalized spacial score (nSPS) is 25.8. The topological polar surface area (TPSA) is 55.8 Å². The summed E-state index contributed by atoms with van der Waals surface area (Å²) in [5.74, 6) is -0.560. The Kier molecular flexibility index (Phi) is 5.59. The van der Waals surface area contributed by atoms with Crippen molar-refractivity contribution in [3.63, 3.8) is 0 Å². The van der Waals surface area contributed by atoms with Crippen LogP contribution < -0.4 is 0 Å². The van der Waals surface area contributed by atoms with Crippen LogP contribution in [-0.2, 0) is 14.3 Å². The molecule has 0 bridgehead atoms. The maximum absolute atomic E-state index is 14.2. The van der Waals surface area contributed by atoms with Gasteiger partial charge in [0.15, 0.2) is 0 Å². The molecule has 0 aromatic carbocycles. The standard InChI is InChI=1S/C15H26FNO4/c1-6-7-8-20-12(18)11-9-15(5,16)10-17(11)13(19)21-14(2,3)4/h11H,6-10H2,1-5H3/t11-,15+/m0/s1. The first kappa shape index (κ1) is 17.7. The molecule has 0 aromatic heterocycles. The van der Waals surface area contributed by atoms with E-state index in [4.69, 9.17) is 9.47 Å². The lowest BCUT2D eigenvalue weighted by Gasteiger charge is -2.27. The molecular weight excluding hydrogens is 277 g/mol. The molecule has 2 atom stereocenters. The zero-order valence-corrected chi connectivity index (χ0v) is 13.6. The van der Waals surface area contributed by atoms with E-state index in [2.05, 4.69) is 0 Å². The Hall–Kier alpha value is -1.33. The van der Waals surface area contributed by atoms with Crippen molar-refractivity contribution in [2.24, 2.45) is 0 Å². The number of hydrogen-bond acceptors (Lipinski definition) is 4. The fourth-order valence-corrected chi connectivity index (χ4v) is 2.18. The summed E-state index contributed by atoms with van der Waals surface area (Å²) >= 11 is 0. The number of amides is 1. The molecule has 0 N–H and O–H groups in total. The van der Waals surface area contributed by atoms with E-state index < -0.39 is 29.4 Å². The predicted octanol–water partition coefficient (Wildman–Crippen LogP) is 3.07. The average molecular weight is 303 g/mol. The summed E-state index contributed by atoms with van der Waals surface area (Å²) in [6, 6.07) is -0.910. The van der Waals surface area contributed by atoms with Gasteiger partial charge in [-0.05, 0) is 34.1 Å². The minimum Gasteiger partial charge on any atom is -0.464 e. The van der Waals surface area contributed by atoms with E-state index in [1.807, 2.05) is 6.92 Å². The van der Waals surface area contributed by atoms with Gasteiger partial charge in [-0.2, -0.15) is 0 Å². The maximum atomic E-state index is 14.2. The van der Waals surface area contributed by atoms with Crippen LogP contribution in [0.5, 0.6) is 0 Å². The third-order valence-electron chi connectivity index (χ3n) is 3.14. The van der Waals surface area contributed by atoms with Crippen LogP contribution in [0.4, 0.5) is 9.18 Å². The molecule has 0 radical (unpaired) electrons. The second-order valence-electron chi connectivity index (χ2n) is 6.76. The summed E-state index contributed by atoms with van der Waals surface area (Å²) in [6.45, 7) is 8.67. The van der Waals surface area contributed by atoms with Crippen LogP contribution in [0.15, 0.2) is 0 Å². The number of nitrogens with zero attached hydrogens (tertiary/aromatic N) is 1. The molecule has 1 fully saturated rings. The van der Waals surface area contributed by atoms with E-state index in [0.29, 0.717) is 0 Å². The van der Waals surface area contributed by atoms with Gasteiger partial charge in [0.25, 0.3) is 0 Å². The molecule has 1 aliphatic rings. The first-order valence-corrected chi connectivity index (χ1v) is 7.41. The number of likely N-dealkylation sites (tertiary alicyclic amines) is 1. The van der Waals surface area contributed by atoms with Gasteiger partial charge in [-0.15, -0.1) is 0 Å². The number of rotatable bonds is 4. The summed E-state index contributed by atoms with van der Waals surface area (Å²) < 4.78 is 24.5. The number of esters is 1. The SMILES string of the molecule is CCCCOC(=O)[C@@H]1C[C@@](C)(F)CN1C(=O)OC(C)(C)C. The van der Waals surface area contributed by atoms with Crippen molar-refractivity contribution in [3.8, 4) is 0 Å². The van der Waals surface area contributed by atoms with E-state index in [-0.39, 0.29) is 19.6 Å². The van der Waals surface area contributed by atoms with Gasteiger partial charge < -0.3 is 9.47 Å². The van der Waals surface area contributed by atoms with Gasteiger partial charge in [-0.1, -0.05) is 13.3 Å². The zero-order valence-electron chi connectivity index (χ0n) is 13.6. The molecule has 1 aliphatic heterocycles. The number of hydrogen-bond donors (Lipinski definition) is 0. The maximum Gasteiger partial charge on any atom is 0.411 e. The van der Waals surface area contributed by atoms with Crippen molar-refractivity contribution in [1.29, 1.82) is 0 Å². The third kappa shape index (κ3) is 5.52. The molecule has 0 saturated carbocycles. The lowest BCUT2D eigenvalue weighted by molar-refractivity contribution is -0.149. The zero-order chi connectivity index (χ0) is 16.3. The molecule has 122 valence electrons. The predicted molar refractivity (Wildman–Crippen MR) is 76.7 cm³/mol. The summed E-state index contributed by atoms with van der Waals surface area (Å²) in [5.41, 5.74) is -2.30. The van der Waals surface area contributed by atoms with Crippen LogP contribution in [0.3, 0.4) is 0 Å². The smallest absolute Gasteiger partial charge is 0.411 e. The Morgan fingerprint density at radius 2 is 2.00 bits per heavy atom. The number of ether oxygens (including phenoxy) is 2. The van der Waals surface area contributed by atoms with Crippen molar-refractivity contribution < 1.29 is 23.5 Å². The number of unbranched alkanes of at least 4 members (excludes halogenated alkanes) is 1. The molecule has 1 amide bonds. The van der Waals surface area contributed by atoms with Gasteiger partial charge in [-0.3, -0.25) is 4.90 Å². The number of carbonyl (C=O) groups is 2. The van der Waals surface area contributed by atoms with Gasteiger partial charge in [0.2, 0.25) is 0 Å². The first-order chi connectivity index (χ1) is 9.56. The molecule has 1 saturated heterocycles. The van der Waals surface area contributed by atoms with Crippen LogP contribution in [0.1, 0.15) is 53.9 Å². The highest BCUT2D eigenvalue weighted by Gasteiger charge is 2.48. The van der Waals surface area contributed by atoms with Crippen LogP contribution in [0, 0.1) is 0 Å². The quantitative estimate of drug-likeness (QED) is 0.591. The van der Waals surface area contributed by atoms with Crippen molar-refractivity contribution in [2.75, 3.05) is 13.2 Å². The van der Waals surface area contributed by atoms with E-state index >= 15 is 0 Å². The highest BCUT2D eigenvalue weighted by Crippen LogP contribution is 2.32. The average Bonchev–Trinajstić information content (AvgIpc) is 2.63. The molecule has 0 spiro atoms. The molecule has 6 heteroatoms. The Labute approximate surface area is 125 Å². The second-order valence-corrected chi connectivity index (χ2v) is 6.76. The number of halogens is 1. The largest absolute Gasteiger partial charge is 0.464 e. The Balaban J connectivity index is 2.74. The summed E-state index contributed by atoms with van der Waals surface area (Å²) in [4.78, 5) is 25.3. The molecule has 1 rings (SSSR count). The summed E-state index contributed by atoms with van der Waals surface area (Å²) in [6.07, 6.45) is 0.908. The van der Waals surface area contributed by atoms with Gasteiger partial charge in [0, 0.05) is 6.42 Å². The Morgan fingerprint density at radius 1 is 1.38 bits per heavy atom. The minimum atomic E-state index is -1.61. The van der Waals surface area contributed by atoms with Crippen LogP contribution >= 0.6 is 0 Å². The third-order valence-corrected chi connectivity index (χ3v) is 3.14. The van der Waals surface area contributed by atoms with E-state index in [1.165, 1.54) is 6.92 Å². The lowest BCUT2D eigenvalue weighted by Crippen LogP contribution is -2.44. The molecule has 21 heavy (non-hydrogen) atoms. The van der Waals surface area contributed by atoms with Crippen molar-refractivity contribution in [3.05, 3.63) is 0 Å². The lowest BCUT2D eigenvalue weighted by atomic mass is 10.1. The molecule has 5 nitrogen and oxygen atoms in total. The number of alkyl halides is 1. The Morgan fingerprint density at radius 3 is 2.52 bits per heavy atom. The van der Waals surface area contributed by atoms with E-state index in [1.54, 1.807) is 20.8 Å². The monoisotopic (exact) mass is 303 g/mol. The van der Waals surface area contributed by atoms with Crippen molar-refractivity contribution in [2.45, 2.75) is 71.2 Å². The molecular formula is C15H26FNO4. The van der Waals surface area contributed by atoms with Crippen LogP contribution in [0.2, 0.25) is 0 Å². The fraction of sp³-hybridized carbons (Fsp3) is 0.867. The molecule has 0 unspecified atom stereocenters. The summed E-state index contributed by atoms with van der Waals surface area (Å²) in [5, 5.41) is 0. The first-order valence-electron chi connectivity index (χ1n) is 7.41. The van der Waals surface area contributed by atoms with Gasteiger partial charge in [0.05, 0.1) is 13.2 Å². The van der Waals surface area contributed by atoms with E-state index in [0.717, 1.165) is 17.7 Å². The fourth-order valence-electron chi connectivity index (χ4n) is 2.18. The number of carbonyl (C=O) groups excluding carboxylic acids is 2.